The van der Waals surface area contributed by atoms with E-state index in [1.54, 1.807) is 0 Å². The van der Waals surface area contributed by atoms with Crippen molar-refractivity contribution in [3.8, 4) is 74.1 Å². The van der Waals surface area contributed by atoms with Gasteiger partial charge in [-0.3, -0.25) is 13.7 Å². The first kappa shape index (κ1) is 78.3. The quantitative estimate of drug-likeness (QED) is 0.143. The second-order valence-corrected chi connectivity index (χ2v) is 36.5. The SMILES string of the molecule is c1ccc(-c2nc(-n3c4ccccc4c4c5ccccc5c5c6ccccc6sc5c43)nc3ccccc23)cc1.c1ccc(-c2nc(-n3c4ccccc4c4cc(-c5ccc6c(c5)c5ccccc5n6-c5ccccc5)ccc43)nc3ccccc23)cc1.c1ccc(-n2c3ccccc3c3c4ccccc4c4c5ccccc5n(-c5nc(-c6ccc7ccccc7c6)c6ccccc6n5)c4c32)cc1. The minimum atomic E-state index is 0.652. The highest BCUT2D eigenvalue weighted by Crippen LogP contribution is 2.51. The summed E-state index contributed by atoms with van der Waals surface area (Å²) in [6, 6.07) is 166. The van der Waals surface area contributed by atoms with E-state index >= 15 is 0 Å². The summed E-state index contributed by atoms with van der Waals surface area (Å²) in [4.78, 5) is 31.7. The minimum absolute atomic E-state index is 0.652. The molecule has 0 spiro atoms. The fourth-order valence-corrected chi connectivity index (χ4v) is 23.1. The van der Waals surface area contributed by atoms with Gasteiger partial charge in [-0.05, 0) is 153 Å². The fraction of sp³-hybridized carbons (Fsp3) is 0. The number of benzene rings is 21. The monoisotopic (exact) mass is 1780 g/mol. The van der Waals surface area contributed by atoms with Crippen molar-refractivity contribution < 1.29 is 0 Å². The van der Waals surface area contributed by atoms with Crippen LogP contribution in [0.5, 0.6) is 0 Å². The first-order valence-corrected chi connectivity index (χ1v) is 47.5. The molecule has 0 atom stereocenters. The van der Waals surface area contributed by atoms with Gasteiger partial charge in [0, 0.05) is 114 Å². The average Bonchev–Trinajstić information content (AvgIpc) is 1.53. The summed E-state index contributed by atoms with van der Waals surface area (Å²) in [6.45, 7) is 0. The van der Waals surface area contributed by atoms with E-state index in [1.165, 1.54) is 140 Å². The molecule has 0 aliphatic carbocycles. The van der Waals surface area contributed by atoms with Gasteiger partial charge in [-0.15, -0.1) is 11.3 Å². The molecular weight excluding hydrogens is 1700 g/mol. The van der Waals surface area contributed by atoms with Crippen LogP contribution in [0.15, 0.2) is 467 Å². The third-order valence-electron chi connectivity index (χ3n) is 27.8. The Labute approximate surface area is 793 Å². The predicted octanol–water partition coefficient (Wildman–Crippen LogP) is 32.9. The smallest absolute Gasteiger partial charge is 0.235 e. The highest BCUT2D eigenvalue weighted by Gasteiger charge is 2.30. The van der Waals surface area contributed by atoms with E-state index in [0.29, 0.717) is 17.8 Å². The van der Waals surface area contributed by atoms with E-state index in [4.69, 9.17) is 29.9 Å². The van der Waals surface area contributed by atoms with Gasteiger partial charge in [0.2, 0.25) is 17.8 Å². The average molecular weight is 1780 g/mol. The van der Waals surface area contributed by atoms with Crippen molar-refractivity contribution in [1.82, 2.24) is 52.7 Å². The molecule has 0 bridgehead atoms. The van der Waals surface area contributed by atoms with E-state index in [2.05, 4.69) is 472 Å². The molecule has 30 rings (SSSR count). The normalized spacial score (nSPS) is 11.9. The Balaban J connectivity index is 0.000000103. The molecule has 9 aromatic heterocycles. The largest absolute Gasteiger partial charge is 0.309 e. The molecule has 0 saturated heterocycles. The van der Waals surface area contributed by atoms with E-state index in [1.807, 2.05) is 29.5 Å². The highest BCUT2D eigenvalue weighted by atomic mass is 32.1. The zero-order chi connectivity index (χ0) is 90.6. The summed E-state index contributed by atoms with van der Waals surface area (Å²) in [6.07, 6.45) is 0. The van der Waals surface area contributed by atoms with Crippen molar-refractivity contribution >= 4 is 206 Å². The van der Waals surface area contributed by atoms with E-state index < -0.39 is 0 Å². The lowest BCUT2D eigenvalue weighted by molar-refractivity contribution is 1.01. The summed E-state index contributed by atoms with van der Waals surface area (Å²) in [5.41, 5.74) is 24.8. The highest BCUT2D eigenvalue weighted by molar-refractivity contribution is 7.27. The Morgan fingerprint density at radius 3 is 0.964 bits per heavy atom. The van der Waals surface area contributed by atoms with E-state index in [9.17, 15) is 0 Å². The lowest BCUT2D eigenvalue weighted by Crippen LogP contribution is -2.05. The lowest BCUT2D eigenvalue weighted by Gasteiger charge is -2.15. The molecule has 30 aromatic rings. The van der Waals surface area contributed by atoms with Gasteiger partial charge in [0.1, 0.15) is 0 Å². The first-order chi connectivity index (χ1) is 68.5. The number of aromatic nitrogens is 11. The number of fused-ring (bicyclic) bond motifs is 30. The number of para-hydroxylation sites is 10. The molecule has 9 heterocycles. The van der Waals surface area contributed by atoms with Gasteiger partial charge in [0.15, 0.2) is 0 Å². The summed E-state index contributed by atoms with van der Waals surface area (Å²) >= 11 is 1.86. The van der Waals surface area contributed by atoms with Crippen LogP contribution in [0, 0.1) is 0 Å². The van der Waals surface area contributed by atoms with Gasteiger partial charge in [0.05, 0.1) is 93.5 Å². The standard InChI is InChI=1S/C46H28N4.C44H28N4.C36H21N3S/c1-2-16-32(17-3-1)49-39-24-12-9-21-36(39)41-33-18-6-7-19-34(33)42-37-22-10-13-25-40(37)50(45(42)44(41)49)46-47-38-23-11-8-20-35(38)43(48-46)31-27-26-29-14-4-5-15-30(29)28-31;1-3-13-29(14-4-1)43-35-19-7-10-20-38(35)45-44(46-43)48-40-22-12-9-18-34(40)37-28-31(24-26-42(37)48)30-23-25-41-36(27-30)33-17-8-11-21-39(33)47(41)32-15-5-2-6-16-32;1-2-12-22(13-3-1)33-25-16-6-9-19-28(25)37-36(38-33)39-29-20-10-7-17-26(29)31-23-14-4-5-15-24(23)32-27-18-8-11-21-30(27)40-35(32)34(31)39/h1-28H;1-28H;1-21H. The van der Waals surface area contributed by atoms with Crippen LogP contribution in [0.3, 0.4) is 0 Å². The molecule has 138 heavy (non-hydrogen) atoms. The van der Waals surface area contributed by atoms with E-state index in [0.717, 1.165) is 111 Å². The molecule has 21 aromatic carbocycles. The number of hydrogen-bond acceptors (Lipinski definition) is 7. The first-order valence-electron chi connectivity index (χ1n) is 46.7. The molecule has 0 aliphatic rings. The van der Waals surface area contributed by atoms with Gasteiger partial charge in [0.25, 0.3) is 0 Å². The zero-order valence-corrected chi connectivity index (χ0v) is 75.1. The Morgan fingerprint density at radius 2 is 0.478 bits per heavy atom. The van der Waals surface area contributed by atoms with Crippen LogP contribution >= 0.6 is 11.3 Å². The maximum absolute atomic E-state index is 5.51. The number of rotatable bonds is 9. The fourth-order valence-electron chi connectivity index (χ4n) is 21.8. The van der Waals surface area contributed by atoms with Crippen LogP contribution in [0.4, 0.5) is 0 Å². The van der Waals surface area contributed by atoms with Crippen molar-refractivity contribution in [2.75, 3.05) is 0 Å². The predicted molar refractivity (Wildman–Crippen MR) is 577 cm³/mol. The van der Waals surface area contributed by atoms with Gasteiger partial charge in [-0.25, -0.2) is 29.9 Å². The lowest BCUT2D eigenvalue weighted by atomic mass is 9.98. The van der Waals surface area contributed by atoms with Crippen molar-refractivity contribution in [3.63, 3.8) is 0 Å². The third kappa shape index (κ3) is 12.3. The molecule has 11 nitrogen and oxygen atoms in total. The Kier molecular flexibility index (Phi) is 18.0. The summed E-state index contributed by atoms with van der Waals surface area (Å²) in [5, 5.41) is 25.2. The van der Waals surface area contributed by atoms with Crippen molar-refractivity contribution in [3.05, 3.63) is 467 Å². The molecule has 0 radical (unpaired) electrons. The van der Waals surface area contributed by atoms with Crippen LogP contribution < -0.4 is 0 Å². The third-order valence-corrected chi connectivity index (χ3v) is 29.0. The van der Waals surface area contributed by atoms with Crippen molar-refractivity contribution in [2.24, 2.45) is 0 Å². The molecule has 0 aliphatic heterocycles. The Bertz CT molecular complexity index is 10300. The molecule has 0 unspecified atom stereocenters. The van der Waals surface area contributed by atoms with Crippen LogP contribution in [0.25, 0.3) is 268 Å². The van der Waals surface area contributed by atoms with Gasteiger partial charge < -0.3 is 9.13 Å². The topological polar surface area (TPSA) is 102 Å². The van der Waals surface area contributed by atoms with Crippen molar-refractivity contribution in [1.29, 1.82) is 0 Å². The minimum Gasteiger partial charge on any atom is -0.309 e. The van der Waals surface area contributed by atoms with E-state index in [-0.39, 0.29) is 0 Å². The number of hydrogen-bond donors (Lipinski definition) is 0. The molecule has 12 heteroatoms. The summed E-state index contributed by atoms with van der Waals surface area (Å²) in [7, 11) is 0. The van der Waals surface area contributed by atoms with Gasteiger partial charge in [-0.2, -0.15) is 0 Å². The molecule has 0 saturated carbocycles. The molecule has 0 amide bonds. The number of thiophene rings is 1. The maximum atomic E-state index is 5.51. The zero-order valence-electron chi connectivity index (χ0n) is 74.3. The summed E-state index contributed by atoms with van der Waals surface area (Å²) < 4.78 is 14.2. The van der Waals surface area contributed by atoms with Crippen LogP contribution in [0.1, 0.15) is 0 Å². The van der Waals surface area contributed by atoms with Gasteiger partial charge in [-0.1, -0.05) is 358 Å². The van der Waals surface area contributed by atoms with Gasteiger partial charge >= 0.3 is 0 Å². The number of nitrogens with zero attached hydrogens (tertiary/aromatic N) is 11. The maximum Gasteiger partial charge on any atom is 0.235 e. The van der Waals surface area contributed by atoms with Crippen molar-refractivity contribution in [2.45, 2.75) is 0 Å². The molecule has 642 valence electrons. The molecule has 0 fully saturated rings. The summed E-state index contributed by atoms with van der Waals surface area (Å²) in [5.74, 6) is 2.01. The second-order valence-electron chi connectivity index (χ2n) is 35.4. The Hall–Kier alpha value is -18.4. The van der Waals surface area contributed by atoms with Crippen LogP contribution in [-0.2, 0) is 0 Å². The van der Waals surface area contributed by atoms with Crippen LogP contribution in [-0.4, -0.2) is 52.7 Å². The molecule has 0 N–H and O–H groups in total. The second kappa shape index (κ2) is 31.7. The van der Waals surface area contributed by atoms with Crippen LogP contribution in [0.2, 0.25) is 0 Å². The Morgan fingerprint density at radius 1 is 0.167 bits per heavy atom. The molecular formula is C126H77N11S.